The molecule has 1 saturated heterocycles. The monoisotopic (exact) mass is 500 g/mol. The van der Waals surface area contributed by atoms with Crippen molar-refractivity contribution in [1.29, 1.82) is 5.26 Å². The molecule has 3 aromatic rings. The Bertz CT molecular complexity index is 1240. The van der Waals surface area contributed by atoms with E-state index >= 15 is 0 Å². The maximum atomic E-state index is 13.4. The number of carboxylic acid groups (broad SMARTS) is 1. The van der Waals surface area contributed by atoms with Gasteiger partial charge in [-0.1, -0.05) is 22.0 Å². The third kappa shape index (κ3) is 4.31. The van der Waals surface area contributed by atoms with Crippen LogP contribution in [0, 0.1) is 11.3 Å². The number of benzene rings is 2. The van der Waals surface area contributed by atoms with E-state index in [1.54, 1.807) is 22.6 Å². The quantitative estimate of drug-likeness (QED) is 0.548. The highest BCUT2D eigenvalue weighted by atomic mass is 79.9. The molecule has 1 aliphatic heterocycles. The zero-order chi connectivity index (χ0) is 22.0. The number of ether oxygens (including phenoxy) is 1. The minimum absolute atomic E-state index is 0.0351. The summed E-state index contributed by atoms with van der Waals surface area (Å²) in [6, 6.07) is 12.0. The normalized spacial score (nSPS) is 15.4. The Morgan fingerprint density at radius 2 is 2.06 bits per heavy atom. The molecule has 1 atom stereocenters. The van der Waals surface area contributed by atoms with Gasteiger partial charge in [-0.15, -0.1) is 0 Å². The molecule has 2 N–H and O–H groups in total. The first-order chi connectivity index (χ1) is 15.0. The first-order valence-electron chi connectivity index (χ1n) is 9.36. The molecule has 1 aromatic heterocycles. The lowest BCUT2D eigenvalue weighted by Gasteiger charge is -2.26. The Balaban J connectivity index is 1.90. The number of morpholine rings is 1. The lowest BCUT2D eigenvalue weighted by molar-refractivity contribution is 0.0697. The van der Waals surface area contributed by atoms with Crippen LogP contribution in [0.1, 0.15) is 15.9 Å². The van der Waals surface area contributed by atoms with Crippen molar-refractivity contribution in [3.63, 3.8) is 0 Å². The maximum absolute atomic E-state index is 13.4. The van der Waals surface area contributed by atoms with Crippen LogP contribution in [0.2, 0.25) is 0 Å². The fraction of sp³-hybridized carbons (Fsp3) is 0.190. The van der Waals surface area contributed by atoms with Crippen LogP contribution in [-0.4, -0.2) is 50.9 Å². The SMILES string of the molecule is N#Cc1cccc(Nc2c(S(=O)N3CCOCC3)cnc3ccc(Br)cc23)c1C(=O)O. The van der Waals surface area contributed by atoms with Crippen molar-refractivity contribution in [1.82, 2.24) is 9.29 Å². The molecule has 0 aliphatic carbocycles. The third-order valence-electron chi connectivity index (χ3n) is 4.85. The summed E-state index contributed by atoms with van der Waals surface area (Å²) < 4.78 is 21.3. The minimum atomic E-state index is -1.54. The number of halogens is 1. The second kappa shape index (κ2) is 9.11. The number of aromatic carboxylic acids is 1. The highest BCUT2D eigenvalue weighted by Crippen LogP contribution is 2.35. The summed E-state index contributed by atoms with van der Waals surface area (Å²) in [6.07, 6.45) is 1.54. The zero-order valence-corrected chi connectivity index (χ0v) is 18.6. The van der Waals surface area contributed by atoms with Gasteiger partial charge in [-0.2, -0.15) is 5.26 Å². The molecule has 0 amide bonds. The molecule has 10 heteroatoms. The van der Waals surface area contributed by atoms with Crippen molar-refractivity contribution in [2.45, 2.75) is 4.90 Å². The van der Waals surface area contributed by atoms with Gasteiger partial charge in [0.15, 0.2) is 0 Å². The van der Waals surface area contributed by atoms with E-state index in [1.807, 2.05) is 24.3 Å². The second-order valence-electron chi connectivity index (χ2n) is 6.72. The molecule has 0 radical (unpaired) electrons. The van der Waals surface area contributed by atoms with E-state index < -0.39 is 17.0 Å². The van der Waals surface area contributed by atoms with E-state index in [4.69, 9.17) is 4.74 Å². The number of carboxylic acids is 1. The van der Waals surface area contributed by atoms with Gasteiger partial charge in [-0.25, -0.2) is 13.3 Å². The van der Waals surface area contributed by atoms with Crippen LogP contribution >= 0.6 is 15.9 Å². The smallest absolute Gasteiger partial charge is 0.339 e. The summed E-state index contributed by atoms with van der Waals surface area (Å²) in [5.41, 5.74) is 1.26. The predicted octanol–water partition coefficient (Wildman–Crippen LogP) is 3.67. The van der Waals surface area contributed by atoms with Gasteiger partial charge in [0, 0.05) is 29.1 Å². The van der Waals surface area contributed by atoms with E-state index in [0.29, 0.717) is 47.8 Å². The number of hydrogen-bond acceptors (Lipinski definition) is 6. The number of fused-ring (bicyclic) bond motifs is 1. The van der Waals surface area contributed by atoms with E-state index in [9.17, 15) is 19.4 Å². The Morgan fingerprint density at radius 3 is 2.77 bits per heavy atom. The molecule has 1 unspecified atom stereocenters. The van der Waals surface area contributed by atoms with Gasteiger partial charge >= 0.3 is 5.97 Å². The van der Waals surface area contributed by atoms with Crippen LogP contribution in [0.5, 0.6) is 0 Å². The highest BCUT2D eigenvalue weighted by Gasteiger charge is 2.24. The molecule has 8 nitrogen and oxygen atoms in total. The predicted molar refractivity (Wildman–Crippen MR) is 120 cm³/mol. The number of nitrogens with zero attached hydrogens (tertiary/aromatic N) is 3. The van der Waals surface area contributed by atoms with E-state index in [1.165, 1.54) is 6.07 Å². The summed E-state index contributed by atoms with van der Waals surface area (Å²) in [5.74, 6) is -1.23. The van der Waals surface area contributed by atoms with Crippen LogP contribution in [0.4, 0.5) is 11.4 Å². The first kappa shape index (κ1) is 21.4. The average Bonchev–Trinajstić information content (AvgIpc) is 2.79. The molecule has 2 aromatic carbocycles. The summed E-state index contributed by atoms with van der Waals surface area (Å²) >= 11 is 3.46. The van der Waals surface area contributed by atoms with Crippen LogP contribution in [0.3, 0.4) is 0 Å². The van der Waals surface area contributed by atoms with Crippen LogP contribution in [0.15, 0.2) is 52.0 Å². The number of pyridine rings is 1. The fourth-order valence-corrected chi connectivity index (χ4v) is 4.97. The van der Waals surface area contributed by atoms with Crippen molar-refractivity contribution in [2.75, 3.05) is 31.6 Å². The van der Waals surface area contributed by atoms with Crippen molar-refractivity contribution < 1.29 is 18.8 Å². The molecule has 0 saturated carbocycles. The molecule has 0 bridgehead atoms. The molecule has 2 heterocycles. The lowest BCUT2D eigenvalue weighted by Crippen LogP contribution is -2.37. The van der Waals surface area contributed by atoms with Crippen LogP contribution in [0.25, 0.3) is 10.9 Å². The summed E-state index contributed by atoms with van der Waals surface area (Å²) in [4.78, 5) is 16.8. The third-order valence-corrected chi connectivity index (χ3v) is 6.86. The number of nitrogens with one attached hydrogen (secondary N) is 1. The molecule has 158 valence electrons. The largest absolute Gasteiger partial charge is 0.478 e. The molecular weight excluding hydrogens is 484 g/mol. The summed E-state index contributed by atoms with van der Waals surface area (Å²) in [5, 5.41) is 22.9. The van der Waals surface area contributed by atoms with Crippen molar-refractivity contribution in [3.05, 3.63) is 58.2 Å². The molecule has 0 spiro atoms. The van der Waals surface area contributed by atoms with Crippen molar-refractivity contribution in [3.8, 4) is 6.07 Å². The number of hydrogen-bond donors (Lipinski definition) is 2. The van der Waals surface area contributed by atoms with Crippen LogP contribution in [-0.2, 0) is 15.7 Å². The molecular formula is C21H17BrN4O4S. The molecule has 1 aliphatic rings. The topological polar surface area (TPSA) is 116 Å². The number of carbonyl (C=O) groups is 1. The van der Waals surface area contributed by atoms with Crippen molar-refractivity contribution >= 4 is 55.2 Å². The first-order valence-corrected chi connectivity index (χ1v) is 11.3. The Kier molecular flexibility index (Phi) is 6.29. The summed E-state index contributed by atoms with van der Waals surface area (Å²) in [6.45, 7) is 1.97. The van der Waals surface area contributed by atoms with Gasteiger partial charge in [0.05, 0.1) is 40.6 Å². The molecule has 4 rings (SSSR count). The van der Waals surface area contributed by atoms with Crippen molar-refractivity contribution in [2.24, 2.45) is 0 Å². The maximum Gasteiger partial charge on any atom is 0.339 e. The molecule has 31 heavy (non-hydrogen) atoms. The number of rotatable bonds is 5. The van der Waals surface area contributed by atoms with E-state index in [-0.39, 0.29) is 16.8 Å². The Morgan fingerprint density at radius 1 is 1.29 bits per heavy atom. The highest BCUT2D eigenvalue weighted by molar-refractivity contribution is 9.10. The standard InChI is InChI=1S/C21H17BrN4O4S/c22-14-4-5-16-15(10-14)20(18(12-24-16)31(29)26-6-8-30-9-7-26)25-17-3-1-2-13(11-23)19(17)21(27)28/h1-5,10,12H,6-9H2,(H,24,25)(H,27,28). The van der Waals surface area contributed by atoms with Gasteiger partial charge in [0.2, 0.25) is 0 Å². The number of nitriles is 1. The van der Waals surface area contributed by atoms with Crippen LogP contribution < -0.4 is 5.32 Å². The fourth-order valence-electron chi connectivity index (χ4n) is 3.37. The Hall–Kier alpha value is -2.84. The Labute approximate surface area is 189 Å². The number of anilines is 2. The van der Waals surface area contributed by atoms with Gasteiger partial charge in [-0.05, 0) is 30.3 Å². The summed E-state index contributed by atoms with van der Waals surface area (Å²) in [7, 11) is -1.54. The second-order valence-corrected chi connectivity index (χ2v) is 9.09. The van der Waals surface area contributed by atoms with E-state index in [2.05, 4.69) is 26.2 Å². The zero-order valence-electron chi connectivity index (χ0n) is 16.2. The lowest BCUT2D eigenvalue weighted by atomic mass is 10.1. The molecule has 1 fully saturated rings. The minimum Gasteiger partial charge on any atom is -0.478 e. The van der Waals surface area contributed by atoms with Gasteiger partial charge in [0.1, 0.15) is 22.6 Å². The van der Waals surface area contributed by atoms with E-state index in [0.717, 1.165) is 4.47 Å². The average molecular weight is 501 g/mol. The van der Waals surface area contributed by atoms with Gasteiger partial charge in [0.25, 0.3) is 0 Å². The number of aromatic nitrogens is 1. The van der Waals surface area contributed by atoms with Gasteiger partial charge in [-0.3, -0.25) is 4.98 Å². The van der Waals surface area contributed by atoms with Gasteiger partial charge < -0.3 is 15.2 Å².